The van der Waals surface area contributed by atoms with Crippen molar-refractivity contribution in [2.45, 2.75) is 19.9 Å². The molecule has 0 aliphatic carbocycles. The molecule has 72 valence electrons. The van der Waals surface area contributed by atoms with Gasteiger partial charge in [0.25, 0.3) is 5.91 Å². The summed E-state index contributed by atoms with van der Waals surface area (Å²) in [7, 11) is 0. The van der Waals surface area contributed by atoms with Crippen LogP contribution in [0.3, 0.4) is 0 Å². The summed E-state index contributed by atoms with van der Waals surface area (Å²) < 4.78 is 4.76. The maximum absolute atomic E-state index is 11.3. The molecule has 0 aliphatic heterocycles. The number of amides is 1. The third kappa shape index (κ3) is 2.55. The molecule has 0 spiro atoms. The molecule has 5 heteroatoms. The third-order valence-corrected chi connectivity index (χ3v) is 1.59. The molecule has 13 heavy (non-hydrogen) atoms. The fourth-order valence-corrected chi connectivity index (χ4v) is 0.830. The van der Waals surface area contributed by atoms with Gasteiger partial charge in [-0.25, -0.2) is 0 Å². The molecule has 5 nitrogen and oxygen atoms in total. The van der Waals surface area contributed by atoms with Crippen LogP contribution < -0.4 is 11.1 Å². The molecule has 0 bridgehead atoms. The van der Waals surface area contributed by atoms with Crippen LogP contribution in [0.5, 0.6) is 0 Å². The van der Waals surface area contributed by atoms with E-state index >= 15 is 0 Å². The van der Waals surface area contributed by atoms with Crippen molar-refractivity contribution in [1.29, 1.82) is 0 Å². The zero-order valence-corrected chi connectivity index (χ0v) is 7.70. The van der Waals surface area contributed by atoms with E-state index < -0.39 is 0 Å². The van der Waals surface area contributed by atoms with E-state index in [0.717, 1.165) is 0 Å². The van der Waals surface area contributed by atoms with Gasteiger partial charge in [0, 0.05) is 18.7 Å². The number of hydrogen-bond acceptors (Lipinski definition) is 4. The predicted molar refractivity (Wildman–Crippen MR) is 47.2 cm³/mol. The highest BCUT2D eigenvalue weighted by molar-refractivity contribution is 5.92. The highest BCUT2D eigenvalue weighted by Crippen LogP contribution is 2.01. The standard InChI is InChI=1S/C8H13N3O2/c1-5(4-9)10-8(12)7-3-6(2)13-11-7/h3,5H,4,9H2,1-2H3,(H,10,12). The van der Waals surface area contributed by atoms with Crippen LogP contribution in [0.25, 0.3) is 0 Å². The summed E-state index contributed by atoms with van der Waals surface area (Å²) in [6.45, 7) is 3.96. The Kier molecular flexibility index (Phi) is 3.02. The van der Waals surface area contributed by atoms with Crippen LogP contribution in [0.15, 0.2) is 10.6 Å². The van der Waals surface area contributed by atoms with Gasteiger partial charge in [-0.05, 0) is 13.8 Å². The number of aromatic nitrogens is 1. The van der Waals surface area contributed by atoms with E-state index in [1.165, 1.54) is 0 Å². The molecule has 3 N–H and O–H groups in total. The van der Waals surface area contributed by atoms with Gasteiger partial charge in [-0.15, -0.1) is 0 Å². The molecule has 1 unspecified atom stereocenters. The highest BCUT2D eigenvalue weighted by atomic mass is 16.5. The second-order valence-corrected chi connectivity index (χ2v) is 2.93. The molecule has 0 aliphatic rings. The lowest BCUT2D eigenvalue weighted by Crippen LogP contribution is -2.37. The summed E-state index contributed by atoms with van der Waals surface area (Å²) in [6, 6.07) is 1.53. The number of rotatable bonds is 3. The zero-order valence-electron chi connectivity index (χ0n) is 7.70. The van der Waals surface area contributed by atoms with E-state index in [2.05, 4.69) is 10.5 Å². The van der Waals surface area contributed by atoms with Gasteiger partial charge < -0.3 is 15.6 Å². The van der Waals surface area contributed by atoms with Crippen molar-refractivity contribution >= 4 is 5.91 Å². The molecule has 1 atom stereocenters. The van der Waals surface area contributed by atoms with Gasteiger partial charge in [0.2, 0.25) is 0 Å². The Morgan fingerprint density at radius 3 is 3.00 bits per heavy atom. The second kappa shape index (κ2) is 4.04. The largest absolute Gasteiger partial charge is 0.361 e. The van der Waals surface area contributed by atoms with Crippen LogP contribution in [0.4, 0.5) is 0 Å². The topological polar surface area (TPSA) is 81.2 Å². The maximum Gasteiger partial charge on any atom is 0.273 e. The number of nitrogens with two attached hydrogens (primary N) is 1. The van der Waals surface area contributed by atoms with E-state index in [0.29, 0.717) is 12.3 Å². The van der Waals surface area contributed by atoms with Crippen LogP contribution in [0.1, 0.15) is 23.2 Å². The lowest BCUT2D eigenvalue weighted by Gasteiger charge is -2.08. The van der Waals surface area contributed by atoms with Crippen LogP contribution >= 0.6 is 0 Å². The summed E-state index contributed by atoms with van der Waals surface area (Å²) in [5.41, 5.74) is 5.63. The smallest absolute Gasteiger partial charge is 0.273 e. The molecule has 1 aromatic rings. The molecular formula is C8H13N3O2. The fourth-order valence-electron chi connectivity index (χ4n) is 0.830. The van der Waals surface area contributed by atoms with Gasteiger partial charge in [0.1, 0.15) is 5.76 Å². The van der Waals surface area contributed by atoms with Gasteiger partial charge in [0.05, 0.1) is 0 Å². The fraction of sp³-hybridized carbons (Fsp3) is 0.500. The van der Waals surface area contributed by atoms with Crippen molar-refractivity contribution in [3.8, 4) is 0 Å². The number of carbonyl (C=O) groups excluding carboxylic acids is 1. The molecule has 0 radical (unpaired) electrons. The van der Waals surface area contributed by atoms with Crippen molar-refractivity contribution in [3.63, 3.8) is 0 Å². The van der Waals surface area contributed by atoms with Gasteiger partial charge in [-0.3, -0.25) is 4.79 Å². The third-order valence-electron chi connectivity index (χ3n) is 1.59. The molecule has 1 rings (SSSR count). The molecular weight excluding hydrogens is 170 g/mol. The van der Waals surface area contributed by atoms with Gasteiger partial charge in [-0.1, -0.05) is 5.16 Å². The van der Waals surface area contributed by atoms with Crippen molar-refractivity contribution < 1.29 is 9.32 Å². The molecule has 0 fully saturated rings. The van der Waals surface area contributed by atoms with Crippen LogP contribution in [-0.2, 0) is 0 Å². The van der Waals surface area contributed by atoms with Crippen LogP contribution in [-0.4, -0.2) is 23.7 Å². The van der Waals surface area contributed by atoms with E-state index in [4.69, 9.17) is 10.3 Å². The van der Waals surface area contributed by atoms with E-state index in [1.54, 1.807) is 13.0 Å². The molecule has 0 aromatic carbocycles. The highest BCUT2D eigenvalue weighted by Gasteiger charge is 2.12. The summed E-state index contributed by atoms with van der Waals surface area (Å²) in [5.74, 6) is 0.361. The Labute approximate surface area is 76.3 Å². The molecule has 0 saturated heterocycles. The predicted octanol–water partition coefficient (Wildman–Crippen LogP) is 0.0600. The first kappa shape index (κ1) is 9.73. The summed E-state index contributed by atoms with van der Waals surface area (Å²) in [6.07, 6.45) is 0. The van der Waals surface area contributed by atoms with Crippen molar-refractivity contribution in [2.75, 3.05) is 6.54 Å². The van der Waals surface area contributed by atoms with Gasteiger partial charge >= 0.3 is 0 Å². The number of aryl methyl sites for hydroxylation is 1. The first-order valence-corrected chi connectivity index (χ1v) is 4.07. The Hall–Kier alpha value is -1.36. The minimum absolute atomic E-state index is 0.0514. The quantitative estimate of drug-likeness (QED) is 0.694. The SMILES string of the molecule is Cc1cc(C(=O)NC(C)CN)no1. The Bertz CT molecular complexity index is 295. The number of hydrogen-bond donors (Lipinski definition) is 2. The van der Waals surface area contributed by atoms with Crippen LogP contribution in [0, 0.1) is 6.92 Å². The minimum atomic E-state index is -0.255. The molecule has 1 amide bonds. The van der Waals surface area contributed by atoms with E-state index in [-0.39, 0.29) is 17.6 Å². The summed E-state index contributed by atoms with van der Waals surface area (Å²) in [4.78, 5) is 11.3. The lowest BCUT2D eigenvalue weighted by molar-refractivity contribution is 0.0932. The van der Waals surface area contributed by atoms with E-state index in [1.807, 2.05) is 6.92 Å². The maximum atomic E-state index is 11.3. The molecule has 0 saturated carbocycles. The zero-order chi connectivity index (χ0) is 9.84. The van der Waals surface area contributed by atoms with Crippen molar-refractivity contribution in [3.05, 3.63) is 17.5 Å². The normalized spacial score (nSPS) is 12.5. The summed E-state index contributed by atoms with van der Waals surface area (Å²) in [5, 5.41) is 6.25. The summed E-state index contributed by atoms with van der Waals surface area (Å²) >= 11 is 0. The number of nitrogens with one attached hydrogen (secondary N) is 1. The van der Waals surface area contributed by atoms with E-state index in [9.17, 15) is 4.79 Å². The molecule has 1 aromatic heterocycles. The van der Waals surface area contributed by atoms with Crippen molar-refractivity contribution in [1.82, 2.24) is 10.5 Å². The number of carbonyl (C=O) groups is 1. The Balaban J connectivity index is 2.58. The first-order valence-electron chi connectivity index (χ1n) is 4.07. The van der Waals surface area contributed by atoms with Crippen LogP contribution in [0.2, 0.25) is 0 Å². The first-order chi connectivity index (χ1) is 6.13. The van der Waals surface area contributed by atoms with Gasteiger partial charge in [-0.2, -0.15) is 0 Å². The van der Waals surface area contributed by atoms with Gasteiger partial charge in [0.15, 0.2) is 5.69 Å². The lowest BCUT2D eigenvalue weighted by atomic mass is 10.3. The van der Waals surface area contributed by atoms with Crippen molar-refractivity contribution in [2.24, 2.45) is 5.73 Å². The number of nitrogens with zero attached hydrogens (tertiary/aromatic N) is 1. The average Bonchev–Trinajstić information content (AvgIpc) is 2.51. The monoisotopic (exact) mass is 183 g/mol. The Morgan fingerprint density at radius 2 is 2.54 bits per heavy atom. The minimum Gasteiger partial charge on any atom is -0.361 e. The second-order valence-electron chi connectivity index (χ2n) is 2.93. The average molecular weight is 183 g/mol. The Morgan fingerprint density at radius 1 is 1.85 bits per heavy atom. The molecule has 1 heterocycles.